The molecular formula is C18H16F2NO2Ti. The van der Waals surface area contributed by atoms with Crippen LogP contribution in [0.2, 0.25) is 0 Å². The van der Waals surface area contributed by atoms with Crippen LogP contribution in [0.15, 0.2) is 36.4 Å². The normalized spacial score (nSPS) is 17.0. The molecule has 1 aliphatic heterocycles. The van der Waals surface area contributed by atoms with Crippen LogP contribution in [0.4, 0.5) is 14.5 Å². The van der Waals surface area contributed by atoms with Crippen molar-refractivity contribution in [2.75, 3.05) is 11.9 Å². The van der Waals surface area contributed by atoms with Gasteiger partial charge in [0.25, 0.3) is 0 Å². The number of carbonyl (C=O) groups is 1. The molecule has 2 aromatic rings. The monoisotopic (exact) mass is 364 g/mol. The van der Waals surface area contributed by atoms with Crippen molar-refractivity contribution in [2.24, 2.45) is 0 Å². The molecule has 1 atom stereocenters. The maximum absolute atomic E-state index is 14.1. The Morgan fingerprint density at radius 3 is 2.79 bits per heavy atom. The van der Waals surface area contributed by atoms with Gasteiger partial charge in [0.1, 0.15) is 0 Å². The van der Waals surface area contributed by atoms with Crippen molar-refractivity contribution >= 4 is 15.5 Å². The molecule has 0 radical (unpaired) electrons. The summed E-state index contributed by atoms with van der Waals surface area (Å²) in [4.78, 5) is 12.5. The van der Waals surface area contributed by atoms with E-state index in [9.17, 15) is 13.6 Å². The van der Waals surface area contributed by atoms with Gasteiger partial charge in [-0.25, -0.2) is 0 Å². The number of carbonyl (C=O) groups excluding carboxylic acids is 1. The second kappa shape index (κ2) is 7.55. The number of hydrogen-bond acceptors (Lipinski definition) is 2. The molecule has 1 fully saturated rings. The van der Waals surface area contributed by atoms with Crippen molar-refractivity contribution in [3.8, 4) is 0 Å². The molecule has 123 valence electrons. The third-order valence-corrected chi connectivity index (χ3v) is 4.79. The molecule has 1 unspecified atom stereocenters. The molecule has 0 aliphatic carbocycles. The van der Waals surface area contributed by atoms with E-state index >= 15 is 0 Å². The summed E-state index contributed by atoms with van der Waals surface area (Å²) in [6, 6.07) is 9.59. The molecule has 1 saturated heterocycles. The average Bonchev–Trinajstić information content (AvgIpc) is 3.09. The first-order valence-corrected chi connectivity index (χ1v) is 8.55. The average molecular weight is 364 g/mol. The van der Waals surface area contributed by atoms with Gasteiger partial charge in [0.15, 0.2) is 0 Å². The predicted molar refractivity (Wildman–Crippen MR) is 83.1 cm³/mol. The Labute approximate surface area is 150 Å². The summed E-state index contributed by atoms with van der Waals surface area (Å²) in [5.41, 5.74) is 1.32. The minimum absolute atomic E-state index is 0.0224. The molecule has 1 N–H and O–H groups in total. The minimum atomic E-state index is -0.750. The summed E-state index contributed by atoms with van der Waals surface area (Å²) < 4.78 is 33.0. The van der Waals surface area contributed by atoms with E-state index in [1.54, 1.807) is 12.1 Å². The summed E-state index contributed by atoms with van der Waals surface area (Å²) in [5, 5.41) is 2.54. The summed E-state index contributed by atoms with van der Waals surface area (Å²) >= 11 is 1.34. The number of nitrogens with one attached hydrogen (secondary N) is 1. The Balaban J connectivity index is 1.81. The zero-order valence-corrected chi connectivity index (χ0v) is 14.5. The third kappa shape index (κ3) is 3.74. The number of rotatable bonds is 4. The maximum atomic E-state index is 14.1. The van der Waals surface area contributed by atoms with Crippen LogP contribution in [0.25, 0.3) is 0 Å². The van der Waals surface area contributed by atoms with E-state index in [4.69, 9.17) is 4.74 Å². The summed E-state index contributed by atoms with van der Waals surface area (Å²) in [7, 11) is 0. The molecule has 1 amide bonds. The van der Waals surface area contributed by atoms with Crippen molar-refractivity contribution < 1.29 is 38.7 Å². The van der Waals surface area contributed by atoms with E-state index in [-0.39, 0.29) is 15.7 Å². The Hall–Kier alpha value is -1.56. The van der Waals surface area contributed by atoms with E-state index in [0.29, 0.717) is 12.0 Å². The van der Waals surface area contributed by atoms with E-state index in [2.05, 4.69) is 5.32 Å². The number of halogens is 2. The Bertz CT molecular complexity index is 761. The second-order valence-corrected chi connectivity index (χ2v) is 6.52. The molecule has 6 heteroatoms. The van der Waals surface area contributed by atoms with E-state index in [0.717, 1.165) is 31.1 Å². The first-order valence-electron chi connectivity index (χ1n) is 7.76. The van der Waals surface area contributed by atoms with Crippen LogP contribution < -0.4 is 9.18 Å². The number of ether oxygens (including phenoxy) is 1. The van der Waals surface area contributed by atoms with Crippen molar-refractivity contribution in [2.45, 2.75) is 25.4 Å². The van der Waals surface area contributed by atoms with Crippen LogP contribution in [-0.2, 0) is 31.6 Å². The fourth-order valence-electron chi connectivity index (χ4n) is 2.81. The van der Waals surface area contributed by atoms with Crippen LogP contribution >= 0.6 is 0 Å². The number of anilines is 1. The molecule has 24 heavy (non-hydrogen) atoms. The summed E-state index contributed by atoms with van der Waals surface area (Å²) in [6.45, 7) is 0.749. The van der Waals surface area contributed by atoms with Gasteiger partial charge in [-0.2, -0.15) is 0 Å². The first-order chi connectivity index (χ1) is 11.6. The van der Waals surface area contributed by atoms with Gasteiger partial charge >= 0.3 is 151 Å². The molecule has 2 aromatic carbocycles. The van der Waals surface area contributed by atoms with Gasteiger partial charge in [0, 0.05) is 0 Å². The Morgan fingerprint density at radius 2 is 2.04 bits per heavy atom. The fourth-order valence-corrected chi connectivity index (χ4v) is 3.15. The van der Waals surface area contributed by atoms with Crippen molar-refractivity contribution in [1.82, 2.24) is 0 Å². The van der Waals surface area contributed by atoms with Crippen LogP contribution in [0.1, 0.15) is 28.8 Å². The van der Waals surface area contributed by atoms with Gasteiger partial charge in [-0.1, -0.05) is 0 Å². The van der Waals surface area contributed by atoms with E-state index in [1.165, 1.54) is 26.5 Å². The molecule has 1 aliphatic rings. The van der Waals surface area contributed by atoms with Crippen LogP contribution in [0.5, 0.6) is 0 Å². The zero-order valence-electron chi connectivity index (χ0n) is 12.9. The number of benzene rings is 2. The van der Waals surface area contributed by atoms with Crippen molar-refractivity contribution in [3.63, 3.8) is 0 Å². The van der Waals surface area contributed by atoms with Crippen LogP contribution in [0.3, 0.4) is 0 Å². The van der Waals surface area contributed by atoms with Crippen LogP contribution in [-0.4, -0.2) is 18.6 Å². The Kier molecular flexibility index (Phi) is 5.44. The molecule has 0 saturated carbocycles. The predicted octanol–water partition coefficient (Wildman–Crippen LogP) is 3.11. The fraction of sp³-hybridized carbons (Fsp3) is 0.278. The van der Waals surface area contributed by atoms with E-state index < -0.39 is 17.5 Å². The van der Waals surface area contributed by atoms with Crippen molar-refractivity contribution in [1.29, 1.82) is 0 Å². The molecule has 3 rings (SSSR count). The molecule has 0 aromatic heterocycles. The quantitative estimate of drug-likeness (QED) is 0.847. The van der Waals surface area contributed by atoms with Gasteiger partial charge in [0.2, 0.25) is 0 Å². The van der Waals surface area contributed by atoms with Gasteiger partial charge in [-0.3, -0.25) is 0 Å². The molecule has 0 spiro atoms. The molecule has 0 bridgehead atoms. The van der Waals surface area contributed by atoms with Gasteiger partial charge < -0.3 is 0 Å². The first kappa shape index (κ1) is 17.3. The molecule has 1 heterocycles. The van der Waals surface area contributed by atoms with Gasteiger partial charge in [0.05, 0.1) is 0 Å². The topological polar surface area (TPSA) is 38.3 Å². The van der Waals surface area contributed by atoms with E-state index in [1.807, 2.05) is 12.1 Å². The Morgan fingerprint density at radius 1 is 1.25 bits per heavy atom. The van der Waals surface area contributed by atoms with Gasteiger partial charge in [-0.15, -0.1) is 0 Å². The number of amides is 1. The van der Waals surface area contributed by atoms with Crippen molar-refractivity contribution in [3.05, 3.63) is 59.2 Å². The standard InChI is InChI=1S/C18H16F2NO2.Ti/c19-13-7-8-17(16(20)11-13)21-18(22)15-6-2-1-4-12(15)10-14-5-3-9-23-14;/h1-2,4,6-8,14H,3,5,9-10H2,(H,21,22);. The SMILES string of the molecule is O=C(Nc1ccc(F)[c]([Ti])c1F)c1ccccc1CC1CCCO1. The molecule has 3 nitrogen and oxygen atoms in total. The zero-order chi connectivity index (χ0) is 17.1. The summed E-state index contributed by atoms with van der Waals surface area (Å²) in [5.74, 6) is -1.79. The second-order valence-electron chi connectivity index (χ2n) is 5.73. The van der Waals surface area contributed by atoms with Crippen LogP contribution in [0, 0.1) is 11.6 Å². The van der Waals surface area contributed by atoms with Gasteiger partial charge in [-0.05, 0) is 0 Å². The third-order valence-electron chi connectivity index (χ3n) is 4.07. The molecular weight excluding hydrogens is 348 g/mol. The summed E-state index contributed by atoms with van der Waals surface area (Å²) in [6.07, 6.45) is 2.76. The number of hydrogen-bond donors (Lipinski definition) is 1.